The van der Waals surface area contributed by atoms with E-state index in [9.17, 15) is 34.6 Å². The molecule has 1 aromatic carbocycles. The standard InChI is InChI=1S/C15H15N3O9/c1-3-26-14(20)11-12(15(21)27-4-2)16(11)13(19)8-5-9(17(22)23)7-10(6-8)18(24)25/h5-7,11-12H,3-4H2,1-2H3/t11-,12-/m0/s1. The van der Waals surface area contributed by atoms with Crippen LogP contribution in [0.15, 0.2) is 18.2 Å². The van der Waals surface area contributed by atoms with E-state index in [0.717, 1.165) is 17.0 Å². The maximum absolute atomic E-state index is 12.7. The van der Waals surface area contributed by atoms with E-state index in [1.54, 1.807) is 0 Å². The van der Waals surface area contributed by atoms with Crippen LogP contribution in [0.3, 0.4) is 0 Å². The topological polar surface area (TPSA) is 159 Å². The van der Waals surface area contributed by atoms with Crippen molar-refractivity contribution in [2.24, 2.45) is 0 Å². The van der Waals surface area contributed by atoms with E-state index >= 15 is 0 Å². The van der Waals surface area contributed by atoms with Crippen molar-refractivity contribution in [1.29, 1.82) is 0 Å². The van der Waals surface area contributed by atoms with E-state index in [-0.39, 0.29) is 13.2 Å². The molecule has 0 bridgehead atoms. The SMILES string of the molecule is CCOC(=O)[C@@H]1[C@@H](C(=O)OCC)N1C(=O)c1cc([N+](=O)[O-])cc([N+](=O)[O-])c1. The van der Waals surface area contributed by atoms with Gasteiger partial charge in [-0.2, -0.15) is 0 Å². The average molecular weight is 381 g/mol. The Bertz CT molecular complexity index is 767. The highest BCUT2D eigenvalue weighted by Crippen LogP contribution is 2.34. The molecular weight excluding hydrogens is 366 g/mol. The van der Waals surface area contributed by atoms with E-state index in [1.165, 1.54) is 13.8 Å². The molecule has 1 saturated heterocycles. The van der Waals surface area contributed by atoms with Gasteiger partial charge >= 0.3 is 11.9 Å². The van der Waals surface area contributed by atoms with E-state index in [4.69, 9.17) is 9.47 Å². The van der Waals surface area contributed by atoms with Gasteiger partial charge in [-0.1, -0.05) is 0 Å². The predicted octanol–water partition coefficient (Wildman–Crippen LogP) is 0.822. The number of nitro groups is 2. The summed E-state index contributed by atoms with van der Waals surface area (Å²) in [6, 6.07) is -0.148. The maximum Gasteiger partial charge on any atom is 0.331 e. The van der Waals surface area contributed by atoms with Crippen molar-refractivity contribution in [3.8, 4) is 0 Å². The third kappa shape index (κ3) is 3.99. The largest absolute Gasteiger partial charge is 0.464 e. The van der Waals surface area contributed by atoms with Crippen molar-refractivity contribution in [3.05, 3.63) is 44.0 Å². The second-order valence-electron chi connectivity index (χ2n) is 5.36. The van der Waals surface area contributed by atoms with Crippen LogP contribution in [0.5, 0.6) is 0 Å². The molecule has 1 aliphatic heterocycles. The molecule has 0 radical (unpaired) electrons. The number of amides is 1. The molecule has 0 spiro atoms. The smallest absolute Gasteiger partial charge is 0.331 e. The molecular formula is C15H15N3O9. The number of nitro benzene ring substituents is 2. The molecule has 0 aromatic heterocycles. The van der Waals surface area contributed by atoms with Crippen molar-refractivity contribution >= 4 is 29.2 Å². The molecule has 1 heterocycles. The first-order valence-electron chi connectivity index (χ1n) is 7.82. The van der Waals surface area contributed by atoms with Gasteiger partial charge < -0.3 is 14.4 Å². The van der Waals surface area contributed by atoms with Crippen LogP contribution in [-0.2, 0) is 19.1 Å². The first-order valence-corrected chi connectivity index (χ1v) is 7.82. The third-order valence-electron chi connectivity index (χ3n) is 3.67. The van der Waals surface area contributed by atoms with Crippen molar-refractivity contribution in [2.45, 2.75) is 25.9 Å². The van der Waals surface area contributed by atoms with Gasteiger partial charge in [0.1, 0.15) is 0 Å². The lowest BCUT2D eigenvalue weighted by atomic mass is 10.1. The molecule has 1 aliphatic rings. The van der Waals surface area contributed by atoms with Crippen LogP contribution in [0.4, 0.5) is 11.4 Å². The van der Waals surface area contributed by atoms with E-state index < -0.39 is 56.7 Å². The van der Waals surface area contributed by atoms with Gasteiger partial charge in [0, 0.05) is 12.1 Å². The minimum atomic E-state index is -1.25. The zero-order valence-electron chi connectivity index (χ0n) is 14.3. The summed E-state index contributed by atoms with van der Waals surface area (Å²) in [4.78, 5) is 57.6. The highest BCUT2D eigenvalue weighted by atomic mass is 16.6. The number of hydrogen-bond donors (Lipinski definition) is 0. The third-order valence-corrected chi connectivity index (χ3v) is 3.67. The van der Waals surface area contributed by atoms with Crippen LogP contribution in [0.1, 0.15) is 24.2 Å². The molecule has 2 atom stereocenters. The van der Waals surface area contributed by atoms with Crippen LogP contribution in [0, 0.1) is 20.2 Å². The quantitative estimate of drug-likeness (QED) is 0.288. The van der Waals surface area contributed by atoms with Crippen molar-refractivity contribution in [3.63, 3.8) is 0 Å². The Morgan fingerprint density at radius 1 is 0.926 bits per heavy atom. The van der Waals surface area contributed by atoms with Crippen molar-refractivity contribution in [1.82, 2.24) is 4.90 Å². The highest BCUT2D eigenvalue weighted by Gasteiger charge is 2.62. The van der Waals surface area contributed by atoms with Crippen LogP contribution in [0.25, 0.3) is 0 Å². The first-order chi connectivity index (χ1) is 12.7. The van der Waals surface area contributed by atoms with Crippen LogP contribution in [0.2, 0.25) is 0 Å². The van der Waals surface area contributed by atoms with Gasteiger partial charge in [0.2, 0.25) is 0 Å². The number of non-ortho nitro benzene ring substituents is 2. The van der Waals surface area contributed by atoms with Gasteiger partial charge in [-0.3, -0.25) is 25.0 Å². The summed E-state index contributed by atoms with van der Waals surface area (Å²) in [5.74, 6) is -2.65. The summed E-state index contributed by atoms with van der Waals surface area (Å²) in [5.41, 5.74) is -1.75. The summed E-state index contributed by atoms with van der Waals surface area (Å²) in [6.07, 6.45) is 0. The zero-order chi connectivity index (χ0) is 20.3. The summed E-state index contributed by atoms with van der Waals surface area (Å²) in [6.45, 7) is 3.09. The molecule has 12 nitrogen and oxygen atoms in total. The predicted molar refractivity (Wildman–Crippen MR) is 86.8 cm³/mol. The number of ether oxygens (including phenoxy) is 2. The molecule has 144 valence electrons. The van der Waals surface area contributed by atoms with Crippen molar-refractivity contribution < 1.29 is 33.7 Å². The Hall–Kier alpha value is -3.57. The fourth-order valence-electron chi connectivity index (χ4n) is 2.50. The molecule has 1 amide bonds. The number of hydrogen-bond acceptors (Lipinski definition) is 9. The Morgan fingerprint density at radius 3 is 1.67 bits per heavy atom. The van der Waals surface area contributed by atoms with Gasteiger partial charge in [-0.25, -0.2) is 9.59 Å². The fourth-order valence-corrected chi connectivity index (χ4v) is 2.50. The van der Waals surface area contributed by atoms with Crippen LogP contribution >= 0.6 is 0 Å². The normalized spacial score (nSPS) is 17.8. The van der Waals surface area contributed by atoms with E-state index in [1.807, 2.05) is 0 Å². The minimum Gasteiger partial charge on any atom is -0.464 e. The molecule has 1 fully saturated rings. The number of carbonyl (C=O) groups is 3. The maximum atomic E-state index is 12.7. The van der Waals surface area contributed by atoms with Gasteiger partial charge in [-0.15, -0.1) is 0 Å². The average Bonchev–Trinajstić information content (AvgIpc) is 3.36. The number of benzene rings is 1. The number of rotatable bonds is 7. The Labute approximate surface area is 151 Å². The number of nitrogens with zero attached hydrogens (tertiary/aromatic N) is 3. The Balaban J connectivity index is 2.39. The highest BCUT2D eigenvalue weighted by molar-refractivity contribution is 6.07. The second-order valence-corrected chi connectivity index (χ2v) is 5.36. The van der Waals surface area contributed by atoms with Crippen molar-refractivity contribution in [2.75, 3.05) is 13.2 Å². The van der Waals surface area contributed by atoms with Gasteiger partial charge in [-0.05, 0) is 13.8 Å². The van der Waals surface area contributed by atoms with Gasteiger partial charge in [0.05, 0.1) is 34.7 Å². The van der Waals surface area contributed by atoms with Gasteiger partial charge in [0.15, 0.2) is 12.1 Å². The fraction of sp³-hybridized carbons (Fsp3) is 0.400. The zero-order valence-corrected chi connectivity index (χ0v) is 14.3. The minimum absolute atomic E-state index is 0.00912. The number of carbonyl (C=O) groups excluding carboxylic acids is 3. The summed E-state index contributed by atoms with van der Waals surface area (Å²) in [7, 11) is 0. The van der Waals surface area contributed by atoms with E-state index in [2.05, 4.69) is 0 Å². The lowest BCUT2D eigenvalue weighted by Crippen LogP contribution is -2.21. The molecule has 1 aromatic rings. The first kappa shape index (κ1) is 19.8. The molecule has 2 rings (SSSR count). The lowest BCUT2D eigenvalue weighted by Gasteiger charge is -2.05. The molecule has 0 unspecified atom stereocenters. The van der Waals surface area contributed by atoms with E-state index in [0.29, 0.717) is 6.07 Å². The Morgan fingerprint density at radius 2 is 1.33 bits per heavy atom. The monoisotopic (exact) mass is 381 g/mol. The summed E-state index contributed by atoms with van der Waals surface area (Å²) >= 11 is 0. The van der Waals surface area contributed by atoms with Crippen LogP contribution in [-0.4, -0.2) is 57.9 Å². The number of esters is 2. The molecule has 12 heteroatoms. The molecule has 27 heavy (non-hydrogen) atoms. The Kier molecular flexibility index (Phi) is 5.68. The molecule has 0 aliphatic carbocycles. The van der Waals surface area contributed by atoms with Crippen LogP contribution < -0.4 is 0 Å². The van der Waals surface area contributed by atoms with Gasteiger partial charge in [0.25, 0.3) is 17.3 Å². The molecule has 0 N–H and O–H groups in total. The summed E-state index contributed by atoms with van der Waals surface area (Å²) in [5, 5.41) is 21.9. The second kappa shape index (κ2) is 7.76. The lowest BCUT2D eigenvalue weighted by molar-refractivity contribution is -0.394. The summed E-state index contributed by atoms with van der Waals surface area (Å²) < 4.78 is 9.61. The molecule has 0 saturated carbocycles.